The summed E-state index contributed by atoms with van der Waals surface area (Å²) in [5, 5.41) is 11.8. The standard InChI is InChI=1S/C19H22N2O5/c1-19(2,18(24)25)10-11-20-16(22)13-7-4-5-8-14(13)21(3)17(23)15-9-6-12-26-15/h4-9,12H,10-11H2,1-3H3,(H,20,22)(H,24,25). The molecule has 2 aromatic rings. The van der Waals surface area contributed by atoms with Gasteiger partial charge in [-0.15, -0.1) is 0 Å². The van der Waals surface area contributed by atoms with Crippen molar-refractivity contribution in [2.45, 2.75) is 20.3 Å². The summed E-state index contributed by atoms with van der Waals surface area (Å²) in [6.07, 6.45) is 1.70. The molecular formula is C19H22N2O5. The third-order valence-corrected chi connectivity index (χ3v) is 4.16. The van der Waals surface area contributed by atoms with Crippen molar-refractivity contribution in [1.29, 1.82) is 0 Å². The Morgan fingerprint density at radius 2 is 1.85 bits per heavy atom. The maximum Gasteiger partial charge on any atom is 0.309 e. The lowest BCUT2D eigenvalue weighted by Crippen LogP contribution is -2.33. The molecule has 0 unspecified atom stereocenters. The van der Waals surface area contributed by atoms with Crippen molar-refractivity contribution >= 4 is 23.5 Å². The summed E-state index contributed by atoms with van der Waals surface area (Å²) in [4.78, 5) is 37.4. The van der Waals surface area contributed by atoms with Gasteiger partial charge in [0.25, 0.3) is 11.8 Å². The maximum absolute atomic E-state index is 12.5. The molecule has 7 heteroatoms. The zero-order valence-corrected chi connectivity index (χ0v) is 15.0. The van der Waals surface area contributed by atoms with Crippen molar-refractivity contribution in [1.82, 2.24) is 5.32 Å². The molecule has 2 amide bonds. The summed E-state index contributed by atoms with van der Waals surface area (Å²) in [7, 11) is 1.56. The van der Waals surface area contributed by atoms with Crippen molar-refractivity contribution in [2.24, 2.45) is 5.41 Å². The summed E-state index contributed by atoms with van der Waals surface area (Å²) >= 11 is 0. The van der Waals surface area contributed by atoms with Gasteiger partial charge in [0.1, 0.15) is 0 Å². The Bertz CT molecular complexity index is 796. The minimum Gasteiger partial charge on any atom is -0.481 e. The molecule has 1 aromatic carbocycles. The number of benzene rings is 1. The second-order valence-corrected chi connectivity index (χ2v) is 6.55. The van der Waals surface area contributed by atoms with Crippen LogP contribution in [-0.2, 0) is 4.79 Å². The van der Waals surface area contributed by atoms with Gasteiger partial charge in [-0.05, 0) is 44.5 Å². The molecule has 0 aliphatic carbocycles. The lowest BCUT2D eigenvalue weighted by molar-refractivity contribution is -0.147. The van der Waals surface area contributed by atoms with Crippen molar-refractivity contribution < 1.29 is 23.9 Å². The van der Waals surface area contributed by atoms with Crippen LogP contribution in [0.4, 0.5) is 5.69 Å². The molecule has 0 radical (unpaired) electrons. The Hall–Kier alpha value is -3.09. The number of amides is 2. The molecule has 0 fully saturated rings. The van der Waals surface area contributed by atoms with Crippen LogP contribution in [0.25, 0.3) is 0 Å². The number of hydrogen-bond acceptors (Lipinski definition) is 4. The Morgan fingerprint density at radius 3 is 2.46 bits per heavy atom. The topological polar surface area (TPSA) is 99.9 Å². The highest BCUT2D eigenvalue weighted by molar-refractivity contribution is 6.09. The average Bonchev–Trinajstić information content (AvgIpc) is 3.14. The van der Waals surface area contributed by atoms with Crippen molar-refractivity contribution in [2.75, 3.05) is 18.5 Å². The number of anilines is 1. The molecule has 7 nitrogen and oxygen atoms in total. The SMILES string of the molecule is CN(C(=O)c1ccco1)c1ccccc1C(=O)NCCC(C)(C)C(=O)O. The number of carboxylic acids is 1. The van der Waals surface area contributed by atoms with Crippen LogP contribution in [-0.4, -0.2) is 36.5 Å². The number of nitrogens with one attached hydrogen (secondary N) is 1. The second kappa shape index (κ2) is 7.86. The second-order valence-electron chi connectivity index (χ2n) is 6.55. The number of hydrogen-bond donors (Lipinski definition) is 2. The molecule has 26 heavy (non-hydrogen) atoms. The average molecular weight is 358 g/mol. The molecule has 1 aromatic heterocycles. The smallest absolute Gasteiger partial charge is 0.309 e. The molecule has 0 atom stereocenters. The molecule has 2 N–H and O–H groups in total. The highest BCUT2D eigenvalue weighted by Gasteiger charge is 2.27. The summed E-state index contributed by atoms with van der Waals surface area (Å²) in [6.45, 7) is 3.42. The van der Waals surface area contributed by atoms with Crippen LogP contribution in [0.15, 0.2) is 47.1 Å². The van der Waals surface area contributed by atoms with Crippen molar-refractivity contribution in [3.8, 4) is 0 Å². The largest absolute Gasteiger partial charge is 0.481 e. The predicted molar refractivity (Wildman–Crippen MR) is 96.3 cm³/mol. The maximum atomic E-state index is 12.5. The van der Waals surface area contributed by atoms with Crippen LogP contribution >= 0.6 is 0 Å². The third kappa shape index (κ3) is 4.30. The molecule has 0 bridgehead atoms. The number of carboxylic acid groups (broad SMARTS) is 1. The van der Waals surface area contributed by atoms with Crippen molar-refractivity contribution in [3.05, 3.63) is 54.0 Å². The van der Waals surface area contributed by atoms with E-state index in [0.29, 0.717) is 11.3 Å². The van der Waals surface area contributed by atoms with E-state index in [4.69, 9.17) is 9.52 Å². The summed E-state index contributed by atoms with van der Waals surface area (Å²) in [5.41, 5.74) is -0.175. The van der Waals surface area contributed by atoms with E-state index in [-0.39, 0.29) is 30.5 Å². The van der Waals surface area contributed by atoms with Gasteiger partial charge in [-0.3, -0.25) is 14.4 Å². The van der Waals surface area contributed by atoms with E-state index in [2.05, 4.69) is 5.32 Å². The van der Waals surface area contributed by atoms with Gasteiger partial charge in [-0.2, -0.15) is 0 Å². The highest BCUT2D eigenvalue weighted by atomic mass is 16.4. The zero-order chi connectivity index (χ0) is 19.3. The molecule has 138 valence electrons. The quantitative estimate of drug-likeness (QED) is 0.793. The van der Waals surface area contributed by atoms with Crippen molar-refractivity contribution in [3.63, 3.8) is 0 Å². The summed E-state index contributed by atoms with van der Waals surface area (Å²) < 4.78 is 5.12. The van der Waals surface area contributed by atoms with E-state index in [1.54, 1.807) is 57.3 Å². The van der Waals surface area contributed by atoms with Gasteiger partial charge < -0.3 is 19.7 Å². The first-order chi connectivity index (χ1) is 12.2. The number of aliphatic carboxylic acids is 1. The lowest BCUT2D eigenvalue weighted by atomic mass is 9.89. The first kappa shape index (κ1) is 19.2. The molecule has 0 spiro atoms. The Labute approximate surface area is 151 Å². The molecule has 1 heterocycles. The molecule has 2 rings (SSSR count). The number of para-hydroxylation sites is 1. The minimum absolute atomic E-state index is 0.172. The van der Waals surface area contributed by atoms with Crippen LogP contribution in [0, 0.1) is 5.41 Å². The van der Waals surface area contributed by atoms with Gasteiger partial charge in [-0.1, -0.05) is 12.1 Å². The molecule has 0 saturated heterocycles. The summed E-state index contributed by atoms with van der Waals surface area (Å²) in [6, 6.07) is 9.87. The first-order valence-corrected chi connectivity index (χ1v) is 8.16. The number of nitrogens with zero attached hydrogens (tertiary/aromatic N) is 1. The van der Waals surface area contributed by atoms with E-state index >= 15 is 0 Å². The van der Waals surface area contributed by atoms with Crippen LogP contribution in [0.1, 0.15) is 41.2 Å². The number of furan rings is 1. The van der Waals surface area contributed by atoms with Gasteiger partial charge in [0, 0.05) is 13.6 Å². The van der Waals surface area contributed by atoms with Crippen LogP contribution in [0.3, 0.4) is 0 Å². The minimum atomic E-state index is -0.932. The first-order valence-electron chi connectivity index (χ1n) is 8.16. The molecule has 0 aliphatic heterocycles. The number of carbonyl (C=O) groups excluding carboxylic acids is 2. The fourth-order valence-corrected chi connectivity index (χ4v) is 2.32. The van der Waals surface area contributed by atoms with Crippen LogP contribution in [0.5, 0.6) is 0 Å². The van der Waals surface area contributed by atoms with E-state index < -0.39 is 11.4 Å². The molecular weight excluding hydrogens is 336 g/mol. The van der Waals surface area contributed by atoms with E-state index in [9.17, 15) is 14.4 Å². The number of carbonyl (C=O) groups is 3. The third-order valence-electron chi connectivity index (χ3n) is 4.16. The zero-order valence-electron chi connectivity index (χ0n) is 15.0. The van der Waals surface area contributed by atoms with Crippen LogP contribution < -0.4 is 10.2 Å². The number of rotatable bonds is 7. The predicted octanol–water partition coefficient (Wildman–Crippen LogP) is 2.79. The summed E-state index contributed by atoms with van der Waals surface area (Å²) in [5.74, 6) is -1.50. The normalized spacial score (nSPS) is 11.0. The fourth-order valence-electron chi connectivity index (χ4n) is 2.32. The molecule has 0 aliphatic rings. The Kier molecular flexibility index (Phi) is 5.82. The highest BCUT2D eigenvalue weighted by Crippen LogP contribution is 2.22. The lowest BCUT2D eigenvalue weighted by Gasteiger charge is -2.21. The molecule has 0 saturated carbocycles. The van der Waals surface area contributed by atoms with Gasteiger partial charge >= 0.3 is 5.97 Å². The van der Waals surface area contributed by atoms with Gasteiger partial charge in [0.15, 0.2) is 5.76 Å². The van der Waals surface area contributed by atoms with Gasteiger partial charge in [-0.25, -0.2) is 0 Å². The monoisotopic (exact) mass is 358 g/mol. The van der Waals surface area contributed by atoms with Gasteiger partial charge in [0.2, 0.25) is 0 Å². The van der Waals surface area contributed by atoms with E-state index in [1.807, 2.05) is 0 Å². The van der Waals surface area contributed by atoms with E-state index in [1.165, 1.54) is 11.2 Å². The fraction of sp³-hybridized carbons (Fsp3) is 0.316. The van der Waals surface area contributed by atoms with Gasteiger partial charge in [0.05, 0.1) is 22.9 Å². The van der Waals surface area contributed by atoms with E-state index in [0.717, 1.165) is 0 Å². The Morgan fingerprint density at radius 1 is 1.15 bits per heavy atom. The Balaban J connectivity index is 2.12. The van der Waals surface area contributed by atoms with Crippen LogP contribution in [0.2, 0.25) is 0 Å².